The van der Waals surface area contributed by atoms with E-state index >= 15 is 0 Å². The fraction of sp³-hybridized carbons (Fsp3) is 0.691. The number of aromatic nitrogens is 4. The van der Waals surface area contributed by atoms with Crippen LogP contribution in [0.1, 0.15) is 89.2 Å². The van der Waals surface area contributed by atoms with E-state index in [9.17, 15) is 88.8 Å². The van der Waals surface area contributed by atoms with Gasteiger partial charge >= 0.3 is 30.2 Å². The van der Waals surface area contributed by atoms with Crippen LogP contribution in [0.5, 0.6) is 12.0 Å². The van der Waals surface area contributed by atoms with Crippen molar-refractivity contribution in [1.29, 1.82) is 0 Å². The third-order valence-corrected chi connectivity index (χ3v) is 22.0. The standard InChI is InChI=1S/C94H154N16O36/c1-65(2)79(89(127)101-70(18-14-28-98-90(96)128)87(125)99-68-22-20-67(21-23-68)64-145-93(129)106(3)30-31-107(4)94(130)146-92-103-80-85(95)104-91(144-58-35-131-5)105-86(80)110(92)59-66-15-8-6-9-16-66)102-88(126)69(100-76(118)19-10-7-13-29-109-77(119)24-25-78(109)120)17-11-12-27-97-75(117)26-33-132-36-38-134-40-42-136-44-46-138-48-50-140-52-54-142-56-57-143-55-53-141-51-49-139-47-45-137-43-41-135-39-37-133-34-32-108(60-71(113)81(121)83(123)73(115)62-111)61-72(114)82(122)84(124)74(116)63-112/h6,8-9,15-16,20-25,65,69-74,79,81-84,111-116,121-124H,7,10-14,17-19,26-64H2,1-5H3,(H,97,117)(H,99,125)(H,100,118)(H,101,127)(H,102,126)(H2,95,104,105)(H3,96,98,128)/t69-,70-,71-,72-,73+,74+,79-,81+,82+,83+,84+/m0/s1. The number of carbonyl (C=O) groups excluding carboxylic acids is 10. The maximum absolute atomic E-state index is 14.3. The van der Waals surface area contributed by atoms with Crippen LogP contribution in [-0.4, -0.2) is 475 Å². The molecule has 0 unspecified atom stereocenters. The Morgan fingerprint density at radius 3 is 1.42 bits per heavy atom. The number of rotatable bonds is 86. The third kappa shape index (κ3) is 52.5. The monoisotopic (exact) mass is 2080 g/mol. The Balaban J connectivity index is 0.894. The van der Waals surface area contributed by atoms with Crippen LogP contribution in [0.25, 0.3) is 11.2 Å². The third-order valence-electron chi connectivity index (χ3n) is 22.0. The smallest absolute Gasteiger partial charge is 0.417 e. The number of nitrogens with one attached hydrogen (secondary N) is 6. The number of carbonyl (C=O) groups is 10. The Bertz CT molecular complexity index is 4320. The highest BCUT2D eigenvalue weighted by atomic mass is 16.6. The van der Waals surface area contributed by atoms with Crippen LogP contribution >= 0.6 is 0 Å². The highest BCUT2D eigenvalue weighted by Gasteiger charge is 2.37. The van der Waals surface area contributed by atoms with Gasteiger partial charge in [0.2, 0.25) is 29.5 Å². The van der Waals surface area contributed by atoms with Crippen molar-refractivity contribution in [2.24, 2.45) is 11.7 Å². The average Bonchev–Trinajstić information content (AvgIpc) is 1.62. The van der Waals surface area contributed by atoms with Crippen molar-refractivity contribution >= 4 is 82.2 Å². The number of aliphatic hydroxyl groups is 10. The Hall–Kier alpha value is -10.3. The summed E-state index contributed by atoms with van der Waals surface area (Å²) in [5.41, 5.74) is 13.7. The van der Waals surface area contributed by atoms with E-state index < -0.39 is 153 Å². The SMILES string of the molecule is COCCOc1nc(N)c2nc(OC(=O)N(C)CCN(C)C(=O)OCc3ccc(NC(=O)[C@H](CCCNC(N)=O)NC(=O)[C@@H](NC(=O)[C@H](CCCCNC(=O)CCOCCOCCOCCOCCOCCOCCOCCOCCOCCOCCOCCOCCN(C[C@H](O)[C@@H](O)[C@H](O)[C@H](O)CO)C[C@H](O)[C@@H](O)[C@H](O)[C@H](O)CO)NC(=O)CCCCCN4C(=O)C=CC4=O)C(C)C)cc3)n(Cc3ccccc3)c2n1. The first kappa shape index (κ1) is 126. The fourth-order valence-corrected chi connectivity index (χ4v) is 13.6. The van der Waals surface area contributed by atoms with Gasteiger partial charge in [-0.25, -0.2) is 14.4 Å². The molecule has 0 fully saturated rings. The molecule has 11 amide bonds. The molecule has 3 heterocycles. The number of unbranched alkanes of at least 4 members (excludes halogenated alkanes) is 3. The molecule has 1 aliphatic rings. The lowest BCUT2D eigenvalue weighted by Crippen LogP contribution is -2.57. The minimum atomic E-state index is -1.90. The van der Waals surface area contributed by atoms with Crippen LogP contribution in [-0.2, 0) is 113 Å². The molecular weight excluding hydrogens is 1930 g/mol. The van der Waals surface area contributed by atoms with Gasteiger partial charge in [-0.1, -0.05) is 62.7 Å². The number of benzene rings is 2. The van der Waals surface area contributed by atoms with Gasteiger partial charge in [0.1, 0.15) is 68.0 Å². The number of hydrogen-bond donors (Lipinski definition) is 18. The number of nitrogen functional groups attached to an aromatic ring is 1. The van der Waals surface area contributed by atoms with Crippen molar-refractivity contribution in [3.63, 3.8) is 0 Å². The van der Waals surface area contributed by atoms with E-state index in [1.165, 1.54) is 48.1 Å². The number of ether oxygens (including phenoxy) is 16. The summed E-state index contributed by atoms with van der Waals surface area (Å²) in [5.74, 6) is -4.21. The summed E-state index contributed by atoms with van der Waals surface area (Å²) in [5, 5.41) is 115. The first-order valence-corrected chi connectivity index (χ1v) is 48.8. The zero-order chi connectivity index (χ0) is 107. The molecule has 0 spiro atoms. The number of imide groups is 1. The van der Waals surface area contributed by atoms with Gasteiger partial charge in [-0.05, 0) is 74.1 Å². The first-order valence-electron chi connectivity index (χ1n) is 48.8. The summed E-state index contributed by atoms with van der Waals surface area (Å²) in [7, 11) is 4.49. The second kappa shape index (κ2) is 75.4. The normalized spacial score (nSPS) is 14.4. The number of urea groups is 1. The quantitative estimate of drug-likeness (QED) is 0.0149. The molecule has 20 N–H and O–H groups in total. The van der Waals surface area contributed by atoms with Crippen LogP contribution in [0.2, 0.25) is 0 Å². The summed E-state index contributed by atoms with van der Waals surface area (Å²) in [6.07, 6.45) is -11.3. The van der Waals surface area contributed by atoms with E-state index in [0.29, 0.717) is 149 Å². The molecule has 5 rings (SSSR count). The molecule has 2 aromatic carbocycles. The number of primary amides is 1. The second-order valence-corrected chi connectivity index (χ2v) is 33.9. The van der Waals surface area contributed by atoms with Crippen LogP contribution in [0.4, 0.5) is 25.9 Å². The predicted molar refractivity (Wildman–Crippen MR) is 521 cm³/mol. The van der Waals surface area contributed by atoms with Crippen molar-refractivity contribution in [3.8, 4) is 12.0 Å². The molecule has 11 atom stereocenters. The van der Waals surface area contributed by atoms with Gasteiger partial charge in [-0.2, -0.15) is 15.0 Å². The highest BCUT2D eigenvalue weighted by molar-refractivity contribution is 6.12. The topological polar surface area (TPSA) is 701 Å². The zero-order valence-corrected chi connectivity index (χ0v) is 84.0. The number of nitrogens with two attached hydrogens (primary N) is 2. The van der Waals surface area contributed by atoms with Crippen molar-refractivity contribution in [2.75, 3.05) is 270 Å². The number of likely N-dealkylation sites (N-methyl/N-ethyl adjacent to an activating group) is 2. The highest BCUT2D eigenvalue weighted by Crippen LogP contribution is 2.28. The largest absolute Gasteiger partial charge is 0.461 e. The summed E-state index contributed by atoms with van der Waals surface area (Å²) in [6.45, 7) is 8.95. The van der Waals surface area contributed by atoms with E-state index in [4.69, 9.17) is 97.5 Å². The Kier molecular flexibility index (Phi) is 65.1. The fourth-order valence-electron chi connectivity index (χ4n) is 13.6. The van der Waals surface area contributed by atoms with Crippen LogP contribution < -0.4 is 52.8 Å². The van der Waals surface area contributed by atoms with Gasteiger partial charge in [0.25, 0.3) is 11.8 Å². The molecule has 52 heteroatoms. The van der Waals surface area contributed by atoms with Crippen molar-refractivity contribution in [3.05, 3.63) is 77.9 Å². The van der Waals surface area contributed by atoms with E-state index in [-0.39, 0.29) is 186 Å². The molecule has 0 bridgehead atoms. The second-order valence-electron chi connectivity index (χ2n) is 33.9. The predicted octanol–water partition coefficient (Wildman–Crippen LogP) is -3.79. The van der Waals surface area contributed by atoms with E-state index in [1.807, 2.05) is 30.3 Å². The average molecular weight is 2080 g/mol. The molecule has 52 nitrogen and oxygen atoms in total. The van der Waals surface area contributed by atoms with Gasteiger partial charge < -0.3 is 180 Å². The Morgan fingerprint density at radius 1 is 0.459 bits per heavy atom. The molecule has 0 saturated heterocycles. The van der Waals surface area contributed by atoms with E-state index in [0.717, 1.165) is 10.5 Å². The number of imidazole rings is 1. The number of nitrogens with zero attached hydrogens (tertiary/aromatic N) is 8. The summed E-state index contributed by atoms with van der Waals surface area (Å²) < 4.78 is 90.1. The molecule has 0 aliphatic carbocycles. The minimum absolute atomic E-state index is 0.000296. The molecular formula is C94H154N16O36. The lowest BCUT2D eigenvalue weighted by Gasteiger charge is -2.33. The van der Waals surface area contributed by atoms with Gasteiger partial charge in [-0.15, -0.1) is 0 Å². The van der Waals surface area contributed by atoms with Crippen molar-refractivity contribution < 1.29 is 175 Å². The van der Waals surface area contributed by atoms with Crippen molar-refractivity contribution in [1.82, 2.24) is 65.7 Å². The molecule has 826 valence electrons. The van der Waals surface area contributed by atoms with Crippen LogP contribution in [0, 0.1) is 5.92 Å². The molecule has 0 radical (unpaired) electrons. The molecule has 4 aromatic rings. The summed E-state index contributed by atoms with van der Waals surface area (Å²) >= 11 is 0. The number of methoxy groups -OCH3 is 1. The van der Waals surface area contributed by atoms with E-state index in [2.05, 4.69) is 46.9 Å². The number of amides is 11. The first-order chi connectivity index (χ1) is 70.3. The van der Waals surface area contributed by atoms with Crippen molar-refractivity contribution in [2.45, 2.75) is 158 Å². The lowest BCUT2D eigenvalue weighted by atomic mass is 10.0. The maximum Gasteiger partial charge on any atom is 0.417 e. The maximum atomic E-state index is 14.3. The van der Waals surface area contributed by atoms with Gasteiger partial charge in [0, 0.05) is 104 Å². The lowest BCUT2D eigenvalue weighted by molar-refractivity contribution is -0.137. The van der Waals surface area contributed by atoms with Gasteiger partial charge in [0.15, 0.2) is 17.0 Å². The van der Waals surface area contributed by atoms with Gasteiger partial charge in [-0.3, -0.25) is 47.9 Å². The number of anilines is 2. The van der Waals surface area contributed by atoms with Gasteiger partial charge in [0.05, 0.1) is 197 Å². The van der Waals surface area contributed by atoms with Crippen LogP contribution in [0.3, 0.4) is 0 Å². The molecule has 1 aliphatic heterocycles. The zero-order valence-electron chi connectivity index (χ0n) is 84.0. The number of aliphatic hydroxyl groups excluding tert-OH is 10. The van der Waals surface area contributed by atoms with E-state index in [1.54, 1.807) is 42.7 Å². The number of fused-ring (bicyclic) bond motifs is 1. The Morgan fingerprint density at radius 2 is 0.932 bits per heavy atom. The molecule has 146 heavy (non-hydrogen) atoms. The van der Waals surface area contributed by atoms with Crippen LogP contribution in [0.15, 0.2) is 66.7 Å². The molecule has 0 saturated carbocycles. The minimum Gasteiger partial charge on any atom is -0.461 e. The Labute approximate surface area is 848 Å². The summed E-state index contributed by atoms with van der Waals surface area (Å²) in [6, 6.07) is 11.1. The molecule has 2 aromatic heterocycles. The summed E-state index contributed by atoms with van der Waals surface area (Å²) in [4.78, 5) is 150. The number of hydrogen-bond acceptors (Lipinski definition) is 41.